The fraction of sp³-hybridized carbons (Fsp3) is 0.154. The number of ether oxygens (including phenoxy) is 1. The normalized spacial score (nSPS) is 10.7. The summed E-state index contributed by atoms with van der Waals surface area (Å²) in [4.78, 5) is 12.7. The molecule has 5 heteroatoms. The number of hydrogen-bond donors (Lipinski definition) is 0. The van der Waals surface area contributed by atoms with Gasteiger partial charge in [-0.25, -0.2) is 4.79 Å². The van der Waals surface area contributed by atoms with Gasteiger partial charge in [-0.05, 0) is 17.2 Å². The molecule has 1 aromatic heterocycles. The lowest BCUT2D eigenvalue weighted by molar-refractivity contribution is -0.134. The van der Waals surface area contributed by atoms with Crippen LogP contribution in [0.2, 0.25) is 0 Å². The summed E-state index contributed by atoms with van der Waals surface area (Å²) in [7, 11) is 1.35. The van der Waals surface area contributed by atoms with Crippen LogP contribution in [0.15, 0.2) is 42.7 Å². The molecule has 0 saturated heterocycles. The molecule has 0 spiro atoms. The molecule has 0 amide bonds. The minimum Gasteiger partial charge on any atom is -0.466 e. The van der Waals surface area contributed by atoms with Crippen molar-refractivity contribution in [3.05, 3.63) is 53.9 Å². The largest absolute Gasteiger partial charge is 0.466 e. The van der Waals surface area contributed by atoms with E-state index in [4.69, 9.17) is 0 Å². The highest BCUT2D eigenvalue weighted by Crippen LogP contribution is 2.11. The van der Waals surface area contributed by atoms with Crippen LogP contribution in [-0.2, 0) is 16.1 Å². The zero-order valence-electron chi connectivity index (χ0n) is 9.98. The van der Waals surface area contributed by atoms with Gasteiger partial charge in [0.2, 0.25) is 0 Å². The van der Waals surface area contributed by atoms with Gasteiger partial charge in [0.1, 0.15) is 0 Å². The predicted octanol–water partition coefficient (Wildman–Crippen LogP) is 1.51. The summed E-state index contributed by atoms with van der Waals surface area (Å²) >= 11 is 0. The van der Waals surface area contributed by atoms with E-state index >= 15 is 0 Å². The molecule has 0 atom stereocenters. The van der Waals surface area contributed by atoms with Crippen LogP contribution in [0.4, 0.5) is 0 Å². The number of aromatic nitrogens is 3. The molecule has 5 nitrogen and oxygen atoms in total. The van der Waals surface area contributed by atoms with Crippen LogP contribution in [0.3, 0.4) is 0 Å². The van der Waals surface area contributed by atoms with Crippen molar-refractivity contribution in [2.45, 2.75) is 6.54 Å². The Morgan fingerprint density at radius 1 is 1.33 bits per heavy atom. The first-order valence-corrected chi connectivity index (χ1v) is 5.47. The summed E-state index contributed by atoms with van der Waals surface area (Å²) in [5, 5.41) is 8.11. The molecule has 0 aliphatic carbocycles. The monoisotopic (exact) mass is 243 g/mol. The molecular formula is C13H13N3O2. The Labute approximate surface area is 105 Å². The Morgan fingerprint density at radius 2 is 2.06 bits per heavy atom. The summed E-state index contributed by atoms with van der Waals surface area (Å²) in [6.07, 6.45) is 6.39. The lowest BCUT2D eigenvalue weighted by Gasteiger charge is -2.04. The Kier molecular flexibility index (Phi) is 3.86. The Hall–Kier alpha value is -2.43. The van der Waals surface area contributed by atoms with E-state index in [1.165, 1.54) is 13.2 Å². The number of carbonyl (C=O) groups is 1. The second-order valence-electron chi connectivity index (χ2n) is 3.61. The molecule has 0 bridgehead atoms. The molecule has 0 aliphatic rings. The molecule has 0 saturated carbocycles. The quantitative estimate of drug-likeness (QED) is 0.603. The maximum absolute atomic E-state index is 11.1. The molecule has 2 rings (SSSR count). The molecule has 1 aromatic carbocycles. The SMILES string of the molecule is COC(=O)/C=C/c1ccccc1Cn1nccn1. The van der Waals surface area contributed by atoms with Crippen molar-refractivity contribution in [3.63, 3.8) is 0 Å². The summed E-state index contributed by atoms with van der Waals surface area (Å²) in [6, 6.07) is 7.75. The van der Waals surface area contributed by atoms with Gasteiger partial charge in [0.25, 0.3) is 0 Å². The van der Waals surface area contributed by atoms with Crippen LogP contribution in [0.1, 0.15) is 11.1 Å². The first kappa shape index (κ1) is 12.0. The van der Waals surface area contributed by atoms with E-state index in [1.807, 2.05) is 24.3 Å². The fourth-order valence-electron chi connectivity index (χ4n) is 1.54. The van der Waals surface area contributed by atoms with E-state index in [9.17, 15) is 4.79 Å². The maximum Gasteiger partial charge on any atom is 0.330 e. The molecule has 1 heterocycles. The third-order valence-electron chi connectivity index (χ3n) is 2.43. The van der Waals surface area contributed by atoms with Gasteiger partial charge in [-0.15, -0.1) is 0 Å². The van der Waals surface area contributed by atoms with Crippen molar-refractivity contribution in [2.75, 3.05) is 7.11 Å². The van der Waals surface area contributed by atoms with Crippen LogP contribution in [0.5, 0.6) is 0 Å². The van der Waals surface area contributed by atoms with Gasteiger partial charge in [0, 0.05) is 6.08 Å². The minimum absolute atomic E-state index is 0.373. The molecule has 92 valence electrons. The fourth-order valence-corrected chi connectivity index (χ4v) is 1.54. The lowest BCUT2D eigenvalue weighted by Crippen LogP contribution is -2.04. The third kappa shape index (κ3) is 3.04. The average molecular weight is 243 g/mol. The minimum atomic E-state index is -0.373. The maximum atomic E-state index is 11.1. The van der Waals surface area contributed by atoms with Gasteiger partial charge < -0.3 is 4.74 Å². The Morgan fingerprint density at radius 3 is 2.78 bits per heavy atom. The van der Waals surface area contributed by atoms with Crippen molar-refractivity contribution >= 4 is 12.0 Å². The topological polar surface area (TPSA) is 57.0 Å². The van der Waals surface area contributed by atoms with Gasteiger partial charge in [-0.3, -0.25) is 0 Å². The van der Waals surface area contributed by atoms with Gasteiger partial charge >= 0.3 is 5.97 Å². The molecule has 2 aromatic rings. The number of hydrogen-bond acceptors (Lipinski definition) is 4. The van der Waals surface area contributed by atoms with E-state index in [0.717, 1.165) is 11.1 Å². The molecule has 0 fully saturated rings. The van der Waals surface area contributed by atoms with E-state index in [1.54, 1.807) is 23.3 Å². The Balaban J connectivity index is 2.20. The van der Waals surface area contributed by atoms with Crippen molar-refractivity contribution in [1.82, 2.24) is 15.0 Å². The van der Waals surface area contributed by atoms with Gasteiger partial charge in [0.05, 0.1) is 26.0 Å². The van der Waals surface area contributed by atoms with E-state index in [2.05, 4.69) is 14.9 Å². The van der Waals surface area contributed by atoms with Crippen LogP contribution in [0.25, 0.3) is 6.08 Å². The molecule has 0 unspecified atom stereocenters. The number of nitrogens with zero attached hydrogens (tertiary/aromatic N) is 3. The molecule has 0 N–H and O–H groups in total. The van der Waals surface area contributed by atoms with Crippen LogP contribution >= 0.6 is 0 Å². The van der Waals surface area contributed by atoms with E-state index in [0.29, 0.717) is 6.54 Å². The predicted molar refractivity (Wildman–Crippen MR) is 66.6 cm³/mol. The first-order valence-electron chi connectivity index (χ1n) is 5.47. The summed E-state index contributed by atoms with van der Waals surface area (Å²) in [5.41, 5.74) is 1.98. The van der Waals surface area contributed by atoms with Gasteiger partial charge in [-0.1, -0.05) is 24.3 Å². The van der Waals surface area contributed by atoms with Gasteiger partial charge in [-0.2, -0.15) is 15.0 Å². The van der Waals surface area contributed by atoms with Gasteiger partial charge in [0.15, 0.2) is 0 Å². The highest BCUT2D eigenvalue weighted by molar-refractivity contribution is 5.87. The zero-order chi connectivity index (χ0) is 12.8. The molecular weight excluding hydrogens is 230 g/mol. The summed E-state index contributed by atoms with van der Waals surface area (Å²) in [6.45, 7) is 0.564. The molecule has 0 radical (unpaired) electrons. The highest BCUT2D eigenvalue weighted by atomic mass is 16.5. The van der Waals surface area contributed by atoms with Crippen molar-refractivity contribution in [1.29, 1.82) is 0 Å². The van der Waals surface area contributed by atoms with E-state index < -0.39 is 0 Å². The molecule has 18 heavy (non-hydrogen) atoms. The number of carbonyl (C=O) groups excluding carboxylic acids is 1. The number of methoxy groups -OCH3 is 1. The highest BCUT2D eigenvalue weighted by Gasteiger charge is 2.01. The zero-order valence-corrected chi connectivity index (χ0v) is 9.98. The van der Waals surface area contributed by atoms with E-state index in [-0.39, 0.29) is 5.97 Å². The molecule has 0 aliphatic heterocycles. The number of rotatable bonds is 4. The van der Waals surface area contributed by atoms with Crippen molar-refractivity contribution in [3.8, 4) is 0 Å². The Bertz CT molecular complexity index is 547. The van der Waals surface area contributed by atoms with Crippen molar-refractivity contribution < 1.29 is 9.53 Å². The van der Waals surface area contributed by atoms with Crippen LogP contribution < -0.4 is 0 Å². The summed E-state index contributed by atoms with van der Waals surface area (Å²) < 4.78 is 4.56. The second kappa shape index (κ2) is 5.77. The standard InChI is InChI=1S/C13H13N3O2/c1-18-13(17)7-6-11-4-2-3-5-12(11)10-16-14-8-9-15-16/h2-9H,10H2,1H3/b7-6+. The average Bonchev–Trinajstić information content (AvgIpc) is 2.90. The van der Waals surface area contributed by atoms with Crippen LogP contribution in [0, 0.1) is 0 Å². The summed E-state index contributed by atoms with van der Waals surface area (Å²) in [5.74, 6) is -0.373. The second-order valence-corrected chi connectivity index (χ2v) is 3.61. The third-order valence-corrected chi connectivity index (χ3v) is 2.43. The smallest absolute Gasteiger partial charge is 0.330 e. The van der Waals surface area contributed by atoms with Crippen molar-refractivity contribution in [2.24, 2.45) is 0 Å². The number of esters is 1. The number of benzene rings is 1. The first-order chi connectivity index (χ1) is 8.79. The van der Waals surface area contributed by atoms with Crippen LogP contribution in [-0.4, -0.2) is 28.1 Å². The lowest BCUT2D eigenvalue weighted by atomic mass is 10.1.